The van der Waals surface area contributed by atoms with Gasteiger partial charge in [0.15, 0.2) is 0 Å². The number of rotatable bonds is 7. The molecule has 9 heteroatoms. The smallest absolute Gasteiger partial charge is 0.148 e. The van der Waals surface area contributed by atoms with Gasteiger partial charge in [0.2, 0.25) is 0 Å². The maximum atomic E-state index is 13.3. The zero-order chi connectivity index (χ0) is 20.9. The second-order valence-corrected chi connectivity index (χ2v) is 7.39. The highest BCUT2D eigenvalue weighted by molar-refractivity contribution is 8.01. The van der Waals surface area contributed by atoms with Gasteiger partial charge in [-0.1, -0.05) is 23.7 Å². The summed E-state index contributed by atoms with van der Waals surface area (Å²) in [7, 11) is 0. The Morgan fingerprint density at radius 2 is 1.93 bits per heavy atom. The Morgan fingerprint density at radius 3 is 2.77 bits per heavy atom. The van der Waals surface area contributed by atoms with E-state index in [2.05, 4.69) is 19.4 Å². The van der Waals surface area contributed by atoms with Crippen LogP contribution in [0.3, 0.4) is 0 Å². The predicted molar refractivity (Wildman–Crippen MR) is 121 cm³/mol. The molecule has 0 spiro atoms. The van der Waals surface area contributed by atoms with Crippen molar-refractivity contribution in [2.24, 2.45) is 0 Å². The zero-order valence-electron chi connectivity index (χ0n) is 15.6. The fourth-order valence-electron chi connectivity index (χ4n) is 2.76. The quantitative estimate of drug-likeness (QED) is 0.251. The Balaban J connectivity index is 1.37. The summed E-state index contributed by atoms with van der Waals surface area (Å²) >= 11 is 7.55. The van der Waals surface area contributed by atoms with Gasteiger partial charge in [-0.2, -0.15) is 0 Å². The molecule has 30 heavy (non-hydrogen) atoms. The van der Waals surface area contributed by atoms with Crippen LogP contribution in [-0.2, 0) is 6.61 Å². The molecule has 4 aromatic rings. The third-order valence-electron chi connectivity index (χ3n) is 4.19. The lowest BCUT2D eigenvalue weighted by Gasteiger charge is -2.12. The highest BCUT2D eigenvalue weighted by Crippen LogP contribution is 2.30. The second-order valence-electron chi connectivity index (χ2n) is 6.37. The number of benzene rings is 3. The van der Waals surface area contributed by atoms with Crippen LogP contribution >= 0.6 is 23.7 Å². The molecule has 0 aliphatic carbocycles. The van der Waals surface area contributed by atoms with Gasteiger partial charge in [0.25, 0.3) is 0 Å². The van der Waals surface area contributed by atoms with Crippen LogP contribution in [-0.4, -0.2) is 9.97 Å². The van der Waals surface area contributed by atoms with Gasteiger partial charge in [-0.15, -0.1) is 0 Å². The minimum atomic E-state index is -0.301. The van der Waals surface area contributed by atoms with Gasteiger partial charge in [0.05, 0.1) is 22.7 Å². The van der Waals surface area contributed by atoms with Gasteiger partial charge in [0.1, 0.15) is 30.3 Å². The van der Waals surface area contributed by atoms with Crippen LogP contribution in [0.2, 0.25) is 5.02 Å². The van der Waals surface area contributed by atoms with Crippen molar-refractivity contribution in [2.45, 2.75) is 6.61 Å². The predicted octanol–water partition coefficient (Wildman–Crippen LogP) is 5.67. The van der Waals surface area contributed by atoms with E-state index in [1.54, 1.807) is 30.3 Å². The Labute approximate surface area is 181 Å². The van der Waals surface area contributed by atoms with Crippen LogP contribution in [0.4, 0.5) is 21.6 Å². The van der Waals surface area contributed by atoms with E-state index < -0.39 is 0 Å². The highest BCUT2D eigenvalue weighted by Gasteiger charge is 2.07. The number of anilines is 3. The minimum absolute atomic E-state index is 0.227. The number of hydrogen-bond acceptors (Lipinski definition) is 7. The van der Waals surface area contributed by atoms with Crippen molar-refractivity contribution in [2.75, 3.05) is 15.2 Å². The number of ether oxygens (including phenoxy) is 1. The summed E-state index contributed by atoms with van der Waals surface area (Å²) in [6.45, 7) is 0.227. The first-order valence-corrected chi connectivity index (χ1v) is 10.1. The monoisotopic (exact) mass is 441 g/mol. The Morgan fingerprint density at radius 1 is 1.03 bits per heavy atom. The number of fused-ring (bicyclic) bond motifs is 1. The molecule has 4 N–H and O–H groups in total. The fraction of sp³-hybridized carbons (Fsp3) is 0.0476. The normalized spacial score (nSPS) is 10.7. The maximum Gasteiger partial charge on any atom is 0.148 e. The van der Waals surface area contributed by atoms with E-state index in [0.717, 1.165) is 22.2 Å². The molecule has 0 radical (unpaired) electrons. The van der Waals surface area contributed by atoms with Crippen LogP contribution in [0, 0.1) is 5.82 Å². The van der Waals surface area contributed by atoms with Crippen molar-refractivity contribution in [1.82, 2.24) is 9.97 Å². The summed E-state index contributed by atoms with van der Waals surface area (Å²) < 4.78 is 25.2. The molecule has 1 heterocycles. The largest absolute Gasteiger partial charge is 0.487 e. The summed E-state index contributed by atoms with van der Waals surface area (Å²) in [5.41, 5.74) is 8.80. The second kappa shape index (κ2) is 9.06. The summed E-state index contributed by atoms with van der Waals surface area (Å²) in [5, 5.41) is 1.27. The third-order valence-corrected chi connectivity index (χ3v) is 5.12. The van der Waals surface area contributed by atoms with Crippen molar-refractivity contribution in [3.63, 3.8) is 0 Å². The first kappa shape index (κ1) is 20.1. The Hall–Kier alpha value is -3.23. The van der Waals surface area contributed by atoms with Gasteiger partial charge in [-0.3, -0.25) is 4.72 Å². The van der Waals surface area contributed by atoms with E-state index in [9.17, 15) is 4.39 Å². The third kappa shape index (κ3) is 4.84. The molecule has 0 saturated heterocycles. The van der Waals surface area contributed by atoms with Gasteiger partial charge in [-0.05, 0) is 54.1 Å². The van der Waals surface area contributed by atoms with Crippen molar-refractivity contribution >= 4 is 51.8 Å². The van der Waals surface area contributed by atoms with E-state index in [0.29, 0.717) is 22.3 Å². The van der Waals surface area contributed by atoms with Crippen molar-refractivity contribution < 1.29 is 9.13 Å². The average Bonchev–Trinajstić information content (AvgIpc) is 2.73. The maximum absolute atomic E-state index is 13.3. The SMILES string of the molecule is Nc1ccc2ncnc(NSNc3ccc(OCc4cccc(F)c4)c(Cl)c3)c2c1. The van der Waals surface area contributed by atoms with Gasteiger partial charge in [0, 0.05) is 16.8 Å². The molecular weight excluding hydrogens is 425 g/mol. The number of nitrogens with one attached hydrogen (secondary N) is 2. The lowest BCUT2D eigenvalue weighted by Crippen LogP contribution is -1.99. The summed E-state index contributed by atoms with van der Waals surface area (Å²) in [6.07, 6.45) is 1.49. The van der Waals surface area contributed by atoms with Gasteiger partial charge in [-0.25, -0.2) is 14.4 Å². The topological polar surface area (TPSA) is 85.1 Å². The highest BCUT2D eigenvalue weighted by atomic mass is 35.5. The van der Waals surface area contributed by atoms with Crippen molar-refractivity contribution in [3.8, 4) is 5.75 Å². The van der Waals surface area contributed by atoms with Crippen LogP contribution in [0.1, 0.15) is 5.56 Å². The minimum Gasteiger partial charge on any atom is -0.487 e. The molecule has 152 valence electrons. The molecule has 1 aromatic heterocycles. The number of halogens is 2. The van der Waals surface area contributed by atoms with E-state index in [-0.39, 0.29) is 12.4 Å². The average molecular weight is 442 g/mol. The molecule has 0 saturated carbocycles. The Kier molecular flexibility index (Phi) is 6.06. The van der Waals surface area contributed by atoms with Crippen LogP contribution in [0.25, 0.3) is 10.9 Å². The number of hydrogen-bond donors (Lipinski definition) is 3. The molecule has 0 atom stereocenters. The summed E-state index contributed by atoms with van der Waals surface area (Å²) in [4.78, 5) is 8.48. The van der Waals surface area contributed by atoms with Gasteiger partial charge < -0.3 is 15.2 Å². The van der Waals surface area contributed by atoms with E-state index in [1.165, 1.54) is 30.6 Å². The van der Waals surface area contributed by atoms with E-state index in [1.807, 2.05) is 18.2 Å². The van der Waals surface area contributed by atoms with Crippen molar-refractivity contribution in [1.29, 1.82) is 0 Å². The lowest BCUT2D eigenvalue weighted by molar-refractivity contribution is 0.306. The van der Waals surface area contributed by atoms with E-state index in [4.69, 9.17) is 22.1 Å². The standard InChI is InChI=1S/C21H17ClFN5OS/c22-18-10-16(5-7-20(18)29-11-13-2-1-3-14(23)8-13)27-30-28-21-17-9-15(24)4-6-19(17)25-12-26-21/h1-10,12,27H,11,24H2,(H,25,26,28). The number of nitrogen functional groups attached to an aromatic ring is 1. The molecule has 0 unspecified atom stereocenters. The fourth-order valence-corrected chi connectivity index (χ4v) is 3.55. The van der Waals surface area contributed by atoms with E-state index >= 15 is 0 Å². The molecule has 6 nitrogen and oxygen atoms in total. The van der Waals surface area contributed by atoms with Crippen molar-refractivity contribution in [3.05, 3.63) is 83.4 Å². The molecule has 0 fully saturated rings. The molecule has 0 aliphatic rings. The van der Waals surface area contributed by atoms with Gasteiger partial charge >= 0.3 is 0 Å². The van der Waals surface area contributed by atoms with Crippen LogP contribution in [0.15, 0.2) is 67.0 Å². The molecule has 0 amide bonds. The molecule has 0 aliphatic heterocycles. The molecule has 3 aromatic carbocycles. The zero-order valence-corrected chi connectivity index (χ0v) is 17.2. The number of nitrogens with zero attached hydrogens (tertiary/aromatic N) is 2. The number of nitrogens with two attached hydrogens (primary N) is 1. The summed E-state index contributed by atoms with van der Waals surface area (Å²) in [5.74, 6) is 0.859. The molecule has 4 rings (SSSR count). The molecular formula is C21H17ClFN5OS. The molecule has 0 bridgehead atoms. The lowest BCUT2D eigenvalue weighted by atomic mass is 10.2. The number of aromatic nitrogens is 2. The Bertz CT molecular complexity index is 1190. The van der Waals surface area contributed by atoms with Crippen LogP contribution in [0.5, 0.6) is 5.75 Å². The first-order valence-electron chi connectivity index (χ1n) is 8.93. The first-order chi connectivity index (χ1) is 14.6. The summed E-state index contributed by atoms with van der Waals surface area (Å²) in [6, 6.07) is 17.0. The van der Waals surface area contributed by atoms with Crippen LogP contribution < -0.4 is 19.9 Å².